The molecule has 0 spiro atoms. The van der Waals surface area contributed by atoms with Gasteiger partial charge in [-0.25, -0.2) is 14.6 Å². The Balaban J connectivity index is 2.05. The van der Waals surface area contributed by atoms with Gasteiger partial charge in [-0.3, -0.25) is 10.0 Å². The molecule has 3 rings (SSSR count). The monoisotopic (exact) mass is 285 g/mol. The summed E-state index contributed by atoms with van der Waals surface area (Å²) in [5.41, 5.74) is 1.49. The van der Waals surface area contributed by atoms with Gasteiger partial charge in [0.2, 0.25) is 0 Å². The first-order valence-corrected chi connectivity index (χ1v) is 6.72. The van der Waals surface area contributed by atoms with E-state index in [0.29, 0.717) is 18.7 Å². The van der Waals surface area contributed by atoms with Crippen LogP contribution in [0.1, 0.15) is 18.0 Å². The second kappa shape index (κ2) is 5.52. The highest BCUT2D eigenvalue weighted by Crippen LogP contribution is 2.36. The van der Waals surface area contributed by atoms with E-state index in [-0.39, 0.29) is 12.0 Å². The number of benzene rings is 1. The maximum absolute atomic E-state index is 12.0. The fourth-order valence-corrected chi connectivity index (χ4v) is 2.80. The standard InChI is InChI=1S/C15H15N3O3/c1-21-15(20)13-14(11-5-3-2-4-6-11)17-8-7-12(9-19)18(17)10-16-13/h2-6,10,13-14H,7-8H2,1H3. The van der Waals surface area contributed by atoms with Crippen molar-refractivity contribution in [1.29, 1.82) is 0 Å². The van der Waals surface area contributed by atoms with E-state index in [0.717, 1.165) is 5.56 Å². The van der Waals surface area contributed by atoms with Gasteiger partial charge in [0.25, 0.3) is 0 Å². The van der Waals surface area contributed by atoms with Gasteiger partial charge in [0.15, 0.2) is 6.04 Å². The van der Waals surface area contributed by atoms with Gasteiger partial charge in [-0.05, 0) is 5.56 Å². The molecule has 6 nitrogen and oxygen atoms in total. The van der Waals surface area contributed by atoms with E-state index in [9.17, 15) is 9.59 Å². The van der Waals surface area contributed by atoms with Gasteiger partial charge in [-0.1, -0.05) is 30.3 Å². The topological polar surface area (TPSA) is 62.2 Å². The molecule has 2 heterocycles. The molecule has 2 aliphatic heterocycles. The van der Waals surface area contributed by atoms with E-state index < -0.39 is 6.04 Å². The van der Waals surface area contributed by atoms with Crippen molar-refractivity contribution in [3.05, 3.63) is 41.6 Å². The third-order valence-corrected chi connectivity index (χ3v) is 3.79. The van der Waals surface area contributed by atoms with E-state index in [2.05, 4.69) is 4.99 Å². The number of methoxy groups -OCH3 is 1. The number of fused-ring (bicyclic) bond motifs is 1. The summed E-state index contributed by atoms with van der Waals surface area (Å²) in [6, 6.07) is 8.72. The van der Waals surface area contributed by atoms with Crippen molar-refractivity contribution >= 4 is 18.2 Å². The number of aliphatic imine (C=N–C) groups is 1. The molecule has 2 unspecified atom stereocenters. The van der Waals surface area contributed by atoms with Gasteiger partial charge in [-0.2, -0.15) is 0 Å². The Hall–Kier alpha value is -2.43. The molecule has 1 aromatic carbocycles. The Kier molecular flexibility index (Phi) is 3.56. The van der Waals surface area contributed by atoms with Crippen molar-refractivity contribution in [2.24, 2.45) is 4.99 Å². The first kappa shape index (κ1) is 13.5. The fraction of sp³-hybridized carbons (Fsp3) is 0.333. The van der Waals surface area contributed by atoms with E-state index >= 15 is 0 Å². The van der Waals surface area contributed by atoms with E-state index in [1.165, 1.54) is 13.4 Å². The normalized spacial score (nSPS) is 24.6. The number of esters is 1. The van der Waals surface area contributed by atoms with Crippen LogP contribution in [0, 0.1) is 0 Å². The molecule has 0 amide bonds. The van der Waals surface area contributed by atoms with Crippen LogP contribution in [0.5, 0.6) is 0 Å². The Morgan fingerprint density at radius 3 is 2.81 bits per heavy atom. The van der Waals surface area contributed by atoms with Gasteiger partial charge in [0, 0.05) is 13.0 Å². The van der Waals surface area contributed by atoms with Crippen molar-refractivity contribution in [2.45, 2.75) is 18.5 Å². The molecule has 108 valence electrons. The lowest BCUT2D eigenvalue weighted by Gasteiger charge is -2.39. The number of nitrogens with zero attached hydrogens (tertiary/aromatic N) is 3. The zero-order valence-corrected chi connectivity index (χ0v) is 11.6. The summed E-state index contributed by atoms with van der Waals surface area (Å²) in [5, 5.41) is 3.65. The molecule has 2 aliphatic rings. The summed E-state index contributed by atoms with van der Waals surface area (Å²) >= 11 is 0. The van der Waals surface area contributed by atoms with Gasteiger partial charge in [0.05, 0.1) is 13.2 Å². The van der Waals surface area contributed by atoms with Crippen molar-refractivity contribution in [3.63, 3.8) is 0 Å². The van der Waals surface area contributed by atoms with Gasteiger partial charge in [-0.15, -0.1) is 0 Å². The van der Waals surface area contributed by atoms with Gasteiger partial charge >= 0.3 is 5.97 Å². The second-order valence-electron chi connectivity index (χ2n) is 4.89. The van der Waals surface area contributed by atoms with Crippen LogP contribution in [0.4, 0.5) is 0 Å². The number of rotatable bonds is 2. The molecular weight excluding hydrogens is 270 g/mol. The van der Waals surface area contributed by atoms with E-state index in [1.807, 2.05) is 41.3 Å². The maximum atomic E-state index is 12.0. The minimum atomic E-state index is -0.639. The van der Waals surface area contributed by atoms with Gasteiger partial charge < -0.3 is 4.74 Å². The summed E-state index contributed by atoms with van der Waals surface area (Å²) < 4.78 is 4.86. The zero-order valence-electron chi connectivity index (χ0n) is 11.6. The second-order valence-corrected chi connectivity index (χ2v) is 4.89. The largest absolute Gasteiger partial charge is 0.467 e. The summed E-state index contributed by atoms with van der Waals surface area (Å²) in [5.74, 6) is 1.55. The summed E-state index contributed by atoms with van der Waals surface area (Å²) in [7, 11) is 1.35. The lowest BCUT2D eigenvalue weighted by Crippen LogP contribution is -2.49. The number of hydrogen-bond acceptors (Lipinski definition) is 6. The maximum Gasteiger partial charge on any atom is 0.332 e. The predicted molar refractivity (Wildman–Crippen MR) is 75.8 cm³/mol. The summed E-state index contributed by atoms with van der Waals surface area (Å²) in [4.78, 5) is 27.3. The lowest BCUT2D eigenvalue weighted by molar-refractivity contribution is -0.145. The molecule has 2 atom stereocenters. The lowest BCUT2D eigenvalue weighted by atomic mass is 9.98. The van der Waals surface area contributed by atoms with Crippen molar-refractivity contribution in [2.75, 3.05) is 13.7 Å². The minimum absolute atomic E-state index is 0.283. The van der Waals surface area contributed by atoms with Crippen LogP contribution >= 0.6 is 0 Å². The molecule has 0 N–H and O–H groups in total. The Labute approximate surface area is 122 Å². The minimum Gasteiger partial charge on any atom is -0.467 e. The average Bonchev–Trinajstić information content (AvgIpc) is 2.97. The molecule has 0 saturated carbocycles. The van der Waals surface area contributed by atoms with Crippen LogP contribution in [0.15, 0.2) is 41.0 Å². The number of hydrazine groups is 1. The van der Waals surface area contributed by atoms with E-state index in [4.69, 9.17) is 4.74 Å². The highest BCUT2D eigenvalue weighted by Gasteiger charge is 2.43. The highest BCUT2D eigenvalue weighted by atomic mass is 16.5. The third-order valence-electron chi connectivity index (χ3n) is 3.79. The van der Waals surface area contributed by atoms with Crippen molar-refractivity contribution in [3.8, 4) is 0 Å². The molecule has 0 aromatic heterocycles. The van der Waals surface area contributed by atoms with Crippen LogP contribution in [0.25, 0.3) is 0 Å². The first-order valence-electron chi connectivity index (χ1n) is 6.72. The van der Waals surface area contributed by atoms with Crippen LogP contribution in [0.2, 0.25) is 0 Å². The van der Waals surface area contributed by atoms with Crippen molar-refractivity contribution < 1.29 is 14.3 Å². The first-order chi connectivity index (χ1) is 10.3. The molecule has 1 fully saturated rings. The number of carbonyl (C=O) groups is 1. The molecular formula is C15H15N3O3. The Bertz CT molecular complexity index is 622. The quantitative estimate of drug-likeness (QED) is 0.598. The molecule has 0 aliphatic carbocycles. The highest BCUT2D eigenvalue weighted by molar-refractivity contribution is 5.80. The predicted octanol–water partition coefficient (Wildman–Crippen LogP) is 0.949. The molecule has 21 heavy (non-hydrogen) atoms. The average molecular weight is 285 g/mol. The zero-order chi connectivity index (χ0) is 14.8. The Morgan fingerprint density at radius 1 is 1.38 bits per heavy atom. The van der Waals surface area contributed by atoms with Crippen LogP contribution in [0.3, 0.4) is 0 Å². The number of hydrogen-bond donors (Lipinski definition) is 0. The number of carbonyl (C=O) groups excluding carboxylic acids is 2. The summed E-state index contributed by atoms with van der Waals surface area (Å²) in [6.07, 6.45) is 2.10. The molecule has 1 aromatic rings. The smallest absolute Gasteiger partial charge is 0.332 e. The Morgan fingerprint density at radius 2 is 2.14 bits per heavy atom. The van der Waals surface area contributed by atoms with E-state index in [1.54, 1.807) is 5.01 Å². The van der Waals surface area contributed by atoms with Crippen LogP contribution in [-0.2, 0) is 14.3 Å². The molecule has 0 bridgehead atoms. The molecule has 6 heteroatoms. The fourth-order valence-electron chi connectivity index (χ4n) is 2.80. The van der Waals surface area contributed by atoms with Crippen LogP contribution in [-0.4, -0.2) is 48.0 Å². The van der Waals surface area contributed by atoms with Crippen LogP contribution < -0.4 is 0 Å². The van der Waals surface area contributed by atoms with Gasteiger partial charge in [0.1, 0.15) is 18.0 Å². The summed E-state index contributed by atoms with van der Waals surface area (Å²) in [6.45, 7) is 0.643. The van der Waals surface area contributed by atoms with Crippen molar-refractivity contribution in [1.82, 2.24) is 10.0 Å². The molecule has 1 saturated heterocycles. The molecule has 0 radical (unpaired) electrons. The SMILES string of the molecule is COC(=O)C1N=CN2C(=C=O)CCN2C1c1ccccc1. The number of ether oxygens (including phenoxy) is 1. The third kappa shape index (κ3) is 2.24.